The Hall–Kier alpha value is -1.69. The molecule has 2 rings (SSSR count). The topological polar surface area (TPSA) is 59.3 Å². The summed E-state index contributed by atoms with van der Waals surface area (Å²) in [5.41, 5.74) is -0.461. The zero-order valence-corrected chi connectivity index (χ0v) is 8.25. The number of aromatic nitrogens is 1. The van der Waals surface area contributed by atoms with Gasteiger partial charge in [0.15, 0.2) is 0 Å². The molecule has 0 spiro atoms. The van der Waals surface area contributed by atoms with Crippen LogP contribution in [0.15, 0.2) is 23.0 Å². The third kappa shape index (κ3) is 1.75. The van der Waals surface area contributed by atoms with Gasteiger partial charge in [0.1, 0.15) is 12.4 Å². The van der Waals surface area contributed by atoms with Gasteiger partial charge in [-0.2, -0.15) is 0 Å². The molecule has 1 aromatic carbocycles. The Morgan fingerprint density at radius 2 is 2.27 bits per heavy atom. The number of hydrogen-bond acceptors (Lipinski definition) is 3. The first-order chi connectivity index (χ1) is 7.08. The lowest BCUT2D eigenvalue weighted by atomic mass is 10.3. The van der Waals surface area contributed by atoms with Gasteiger partial charge in [0.25, 0.3) is 5.56 Å². The van der Waals surface area contributed by atoms with Crippen molar-refractivity contribution >= 4 is 27.6 Å². The molecule has 0 aliphatic carbocycles. The number of aliphatic carboxylic acids is 1. The smallest absolute Gasteiger partial charge is 0.324 e. The third-order valence-electron chi connectivity index (χ3n) is 1.89. The van der Waals surface area contributed by atoms with Gasteiger partial charge in [0, 0.05) is 0 Å². The number of halogens is 1. The second-order valence-electron chi connectivity index (χ2n) is 2.97. The fraction of sp³-hybridized carbons (Fsp3) is 0.111. The van der Waals surface area contributed by atoms with Gasteiger partial charge >= 0.3 is 5.97 Å². The van der Waals surface area contributed by atoms with E-state index in [0.29, 0.717) is 4.70 Å². The predicted molar refractivity (Wildman–Crippen MR) is 53.7 cm³/mol. The Bertz CT molecular complexity index is 587. The summed E-state index contributed by atoms with van der Waals surface area (Å²) >= 11 is 1.02. The van der Waals surface area contributed by atoms with Crippen LogP contribution < -0.4 is 5.56 Å². The minimum atomic E-state index is -1.09. The van der Waals surface area contributed by atoms with E-state index in [-0.39, 0.29) is 11.9 Å². The highest BCUT2D eigenvalue weighted by molar-refractivity contribution is 7.13. The fourth-order valence-electron chi connectivity index (χ4n) is 1.27. The summed E-state index contributed by atoms with van der Waals surface area (Å²) in [6.45, 7) is -0.389. The zero-order valence-electron chi connectivity index (χ0n) is 7.44. The van der Waals surface area contributed by atoms with Gasteiger partial charge in [0.05, 0.1) is 10.1 Å². The van der Waals surface area contributed by atoms with Crippen molar-refractivity contribution in [1.82, 2.24) is 3.96 Å². The summed E-state index contributed by atoms with van der Waals surface area (Å²) in [6.07, 6.45) is 0. The van der Waals surface area contributed by atoms with E-state index in [1.807, 2.05) is 0 Å². The molecular weight excluding hydrogens is 221 g/mol. The zero-order chi connectivity index (χ0) is 11.0. The minimum Gasteiger partial charge on any atom is -0.480 e. The molecule has 1 aromatic heterocycles. The van der Waals surface area contributed by atoms with Crippen molar-refractivity contribution in [3.8, 4) is 0 Å². The molecule has 0 radical (unpaired) electrons. The highest BCUT2D eigenvalue weighted by Crippen LogP contribution is 2.17. The molecule has 0 aliphatic rings. The lowest BCUT2D eigenvalue weighted by Gasteiger charge is -1.91. The normalized spacial score (nSPS) is 10.7. The number of carboxylic acid groups (broad SMARTS) is 1. The van der Waals surface area contributed by atoms with E-state index in [2.05, 4.69) is 0 Å². The van der Waals surface area contributed by atoms with Crippen LogP contribution in [0.3, 0.4) is 0 Å². The predicted octanol–water partition coefficient (Wildman–Crippen LogP) is 1.29. The molecule has 6 heteroatoms. The Labute approximate surface area is 87.3 Å². The molecule has 0 atom stereocenters. The second-order valence-corrected chi connectivity index (χ2v) is 4.03. The average molecular weight is 227 g/mol. The summed E-state index contributed by atoms with van der Waals surface area (Å²) in [4.78, 5) is 22.0. The summed E-state index contributed by atoms with van der Waals surface area (Å²) in [7, 11) is 0. The summed E-state index contributed by atoms with van der Waals surface area (Å²) in [6, 6.07) is 3.82. The first kappa shape index (κ1) is 9.85. The third-order valence-corrected chi connectivity index (χ3v) is 2.95. The first-order valence-corrected chi connectivity index (χ1v) is 4.86. The molecule has 0 aliphatic heterocycles. The molecule has 78 valence electrons. The van der Waals surface area contributed by atoms with Crippen LogP contribution in [0.2, 0.25) is 0 Å². The largest absolute Gasteiger partial charge is 0.480 e. The van der Waals surface area contributed by atoms with E-state index in [1.165, 1.54) is 12.1 Å². The molecule has 0 amide bonds. The van der Waals surface area contributed by atoms with Crippen LogP contribution in [0.1, 0.15) is 0 Å². The van der Waals surface area contributed by atoms with Gasteiger partial charge in [0.2, 0.25) is 0 Å². The van der Waals surface area contributed by atoms with Crippen LogP contribution in [-0.2, 0) is 11.3 Å². The number of benzene rings is 1. The fourth-order valence-corrected chi connectivity index (χ4v) is 2.24. The molecule has 0 bridgehead atoms. The van der Waals surface area contributed by atoms with Crippen LogP contribution in [0.5, 0.6) is 0 Å². The van der Waals surface area contributed by atoms with E-state index >= 15 is 0 Å². The average Bonchev–Trinajstić information content (AvgIpc) is 2.44. The summed E-state index contributed by atoms with van der Waals surface area (Å²) in [5, 5.41) is 8.77. The van der Waals surface area contributed by atoms with Gasteiger partial charge in [-0.1, -0.05) is 11.5 Å². The lowest BCUT2D eigenvalue weighted by Crippen LogP contribution is -2.18. The number of hydrogen-bond donors (Lipinski definition) is 1. The van der Waals surface area contributed by atoms with E-state index in [1.54, 1.807) is 0 Å². The Morgan fingerprint density at radius 1 is 1.53 bits per heavy atom. The maximum atomic E-state index is 12.8. The van der Waals surface area contributed by atoms with Crippen LogP contribution in [-0.4, -0.2) is 15.0 Å². The van der Waals surface area contributed by atoms with Crippen molar-refractivity contribution in [1.29, 1.82) is 0 Å². The van der Waals surface area contributed by atoms with Gasteiger partial charge < -0.3 is 5.11 Å². The van der Waals surface area contributed by atoms with Gasteiger partial charge in [-0.15, -0.1) is 0 Å². The van der Waals surface area contributed by atoms with Crippen molar-refractivity contribution in [2.45, 2.75) is 6.54 Å². The molecule has 1 heterocycles. The molecule has 0 fully saturated rings. The molecule has 15 heavy (non-hydrogen) atoms. The van der Waals surface area contributed by atoms with Gasteiger partial charge in [-0.05, 0) is 18.2 Å². The van der Waals surface area contributed by atoms with Crippen molar-refractivity contribution < 1.29 is 14.3 Å². The summed E-state index contributed by atoms with van der Waals surface area (Å²) in [5.74, 6) is -1.59. The standard InChI is InChI=1S/C9H6FNO3S/c10-5-1-2-7-6(3-5)9(14)11(15-7)4-8(12)13/h1-3H,4H2,(H,12,13). The Kier molecular flexibility index (Phi) is 2.28. The van der Waals surface area contributed by atoms with Gasteiger partial charge in [-0.3, -0.25) is 13.5 Å². The molecule has 2 aromatic rings. The Morgan fingerprint density at radius 3 is 2.93 bits per heavy atom. The molecular formula is C9H6FNO3S. The van der Waals surface area contributed by atoms with Crippen molar-refractivity contribution in [3.63, 3.8) is 0 Å². The highest BCUT2D eigenvalue weighted by atomic mass is 32.1. The number of carbonyl (C=O) groups is 1. The van der Waals surface area contributed by atoms with Crippen LogP contribution in [0.4, 0.5) is 4.39 Å². The van der Waals surface area contributed by atoms with E-state index in [0.717, 1.165) is 21.6 Å². The minimum absolute atomic E-state index is 0.223. The van der Waals surface area contributed by atoms with Crippen LogP contribution in [0.25, 0.3) is 10.1 Å². The van der Waals surface area contributed by atoms with Crippen LogP contribution >= 0.6 is 11.5 Å². The number of nitrogens with zero attached hydrogens (tertiary/aromatic N) is 1. The quantitative estimate of drug-likeness (QED) is 0.840. The SMILES string of the molecule is O=C(O)Cn1sc2ccc(F)cc2c1=O. The summed E-state index contributed by atoms with van der Waals surface area (Å²) < 4.78 is 14.5. The monoisotopic (exact) mass is 227 g/mol. The molecule has 1 N–H and O–H groups in total. The molecule has 0 unspecified atom stereocenters. The molecule has 4 nitrogen and oxygen atoms in total. The van der Waals surface area contributed by atoms with Crippen molar-refractivity contribution in [2.75, 3.05) is 0 Å². The van der Waals surface area contributed by atoms with Crippen molar-refractivity contribution in [2.24, 2.45) is 0 Å². The number of rotatable bonds is 2. The molecule has 0 saturated carbocycles. The first-order valence-electron chi connectivity index (χ1n) is 4.09. The maximum absolute atomic E-state index is 12.8. The number of carboxylic acids is 1. The second kappa shape index (κ2) is 3.47. The van der Waals surface area contributed by atoms with Gasteiger partial charge in [-0.25, -0.2) is 4.39 Å². The molecule has 0 saturated heterocycles. The maximum Gasteiger partial charge on any atom is 0.324 e. The van der Waals surface area contributed by atoms with Crippen molar-refractivity contribution in [3.05, 3.63) is 34.4 Å². The number of fused-ring (bicyclic) bond motifs is 1. The Balaban J connectivity index is 2.65. The lowest BCUT2D eigenvalue weighted by molar-refractivity contribution is -0.137. The van der Waals surface area contributed by atoms with E-state index in [9.17, 15) is 14.0 Å². The van der Waals surface area contributed by atoms with Crippen LogP contribution in [0, 0.1) is 5.82 Å². The van der Waals surface area contributed by atoms with E-state index < -0.39 is 17.3 Å². The van der Waals surface area contributed by atoms with E-state index in [4.69, 9.17) is 5.11 Å². The highest BCUT2D eigenvalue weighted by Gasteiger charge is 2.10.